The second-order valence-corrected chi connectivity index (χ2v) is 4.47. The Morgan fingerprint density at radius 1 is 1.50 bits per heavy atom. The van der Waals surface area contributed by atoms with E-state index in [-0.39, 0.29) is 12.6 Å². The summed E-state index contributed by atoms with van der Waals surface area (Å²) < 4.78 is 5.04. The van der Waals surface area contributed by atoms with Crippen LogP contribution in [0.25, 0.3) is 0 Å². The van der Waals surface area contributed by atoms with Gasteiger partial charge in [0, 0.05) is 5.75 Å². The Labute approximate surface area is 77.5 Å². The molecular weight excluding hydrogens is 176 g/mol. The number of aliphatic hydroxyl groups is 1. The van der Waals surface area contributed by atoms with E-state index in [1.54, 1.807) is 0 Å². The molecule has 4 heteroatoms. The Balaban J connectivity index is 3.47. The lowest BCUT2D eigenvalue weighted by atomic mass is 10.2. The number of ether oxygens (including phenoxy) is 1. The molecule has 3 nitrogen and oxygen atoms in total. The zero-order valence-electron chi connectivity index (χ0n) is 7.79. The van der Waals surface area contributed by atoms with Crippen LogP contribution in [-0.4, -0.2) is 34.8 Å². The Morgan fingerprint density at radius 3 is 2.50 bits per heavy atom. The molecule has 0 fully saturated rings. The molecule has 12 heavy (non-hydrogen) atoms. The van der Waals surface area contributed by atoms with E-state index < -0.39 is 5.60 Å². The quantitative estimate of drug-likeness (QED) is 0.534. The van der Waals surface area contributed by atoms with Gasteiger partial charge in [-0.15, -0.1) is 11.8 Å². The lowest BCUT2D eigenvalue weighted by molar-refractivity contribution is -0.151. The van der Waals surface area contributed by atoms with Crippen LogP contribution in [0.3, 0.4) is 0 Å². The van der Waals surface area contributed by atoms with E-state index in [0.29, 0.717) is 11.5 Å². The summed E-state index contributed by atoms with van der Waals surface area (Å²) in [5.41, 5.74) is -0.406. The number of carbonyl (C=O) groups excluding carboxylic acids is 1. The highest BCUT2D eigenvalue weighted by Crippen LogP contribution is 2.09. The van der Waals surface area contributed by atoms with Gasteiger partial charge >= 0.3 is 5.97 Å². The minimum absolute atomic E-state index is 0.105. The lowest BCUT2D eigenvalue weighted by Gasteiger charge is -2.19. The van der Waals surface area contributed by atoms with Gasteiger partial charge in [-0.3, -0.25) is 4.79 Å². The molecule has 0 saturated heterocycles. The Morgan fingerprint density at radius 2 is 2.08 bits per heavy atom. The van der Waals surface area contributed by atoms with Crippen LogP contribution < -0.4 is 0 Å². The van der Waals surface area contributed by atoms with Crippen LogP contribution in [0.5, 0.6) is 0 Å². The third-order valence-corrected chi connectivity index (χ3v) is 1.79. The number of hydrogen-bond acceptors (Lipinski definition) is 4. The predicted molar refractivity (Wildman–Crippen MR) is 50.3 cm³/mol. The van der Waals surface area contributed by atoms with E-state index in [1.165, 1.54) is 11.8 Å². The lowest BCUT2D eigenvalue weighted by Crippen LogP contribution is -2.25. The molecular formula is C8H16O3S. The van der Waals surface area contributed by atoms with Crippen molar-refractivity contribution in [3.05, 3.63) is 0 Å². The van der Waals surface area contributed by atoms with E-state index in [4.69, 9.17) is 9.84 Å². The van der Waals surface area contributed by atoms with Crippen LogP contribution >= 0.6 is 11.8 Å². The van der Waals surface area contributed by atoms with E-state index in [0.717, 1.165) is 0 Å². The first-order chi connectivity index (χ1) is 5.45. The fraction of sp³-hybridized carbons (Fsp3) is 0.875. The summed E-state index contributed by atoms with van der Waals surface area (Å²) in [5, 5.41) is 8.44. The van der Waals surface area contributed by atoms with Crippen molar-refractivity contribution in [1.29, 1.82) is 0 Å². The summed E-state index contributed by atoms with van der Waals surface area (Å²) in [4.78, 5) is 11.0. The van der Waals surface area contributed by atoms with Gasteiger partial charge in [0.05, 0.1) is 12.4 Å². The molecule has 0 aromatic rings. The Hall–Kier alpha value is -0.220. The normalized spacial score (nSPS) is 11.3. The van der Waals surface area contributed by atoms with Gasteiger partial charge in [0.15, 0.2) is 0 Å². The number of hydrogen-bond donors (Lipinski definition) is 1. The van der Waals surface area contributed by atoms with Gasteiger partial charge in [0.2, 0.25) is 0 Å². The maximum absolute atomic E-state index is 11.0. The van der Waals surface area contributed by atoms with E-state index in [2.05, 4.69) is 0 Å². The molecule has 0 aliphatic carbocycles. The largest absolute Gasteiger partial charge is 0.459 e. The maximum Gasteiger partial charge on any atom is 0.316 e. The van der Waals surface area contributed by atoms with Crippen LogP contribution in [0.2, 0.25) is 0 Å². The topological polar surface area (TPSA) is 46.5 Å². The van der Waals surface area contributed by atoms with Crippen molar-refractivity contribution in [2.24, 2.45) is 0 Å². The Bertz CT molecular complexity index is 140. The van der Waals surface area contributed by atoms with E-state index in [1.807, 2.05) is 20.8 Å². The number of esters is 1. The van der Waals surface area contributed by atoms with Gasteiger partial charge in [0.1, 0.15) is 5.60 Å². The molecule has 0 rings (SSSR count). The second kappa shape index (κ2) is 5.43. The zero-order valence-corrected chi connectivity index (χ0v) is 8.61. The minimum atomic E-state index is -0.406. The average molecular weight is 192 g/mol. The molecule has 0 aromatic heterocycles. The summed E-state index contributed by atoms with van der Waals surface area (Å²) >= 11 is 1.38. The number of aliphatic hydroxyl groups excluding tert-OH is 1. The second-order valence-electron chi connectivity index (χ2n) is 3.36. The van der Waals surface area contributed by atoms with Gasteiger partial charge < -0.3 is 9.84 Å². The van der Waals surface area contributed by atoms with Crippen LogP contribution in [0, 0.1) is 0 Å². The first kappa shape index (κ1) is 11.8. The van der Waals surface area contributed by atoms with Crippen LogP contribution in [0.4, 0.5) is 0 Å². The summed E-state index contributed by atoms with van der Waals surface area (Å²) in [5.74, 6) is 0.679. The van der Waals surface area contributed by atoms with Crippen molar-refractivity contribution in [3.63, 3.8) is 0 Å². The summed E-state index contributed by atoms with van der Waals surface area (Å²) in [6.45, 7) is 5.61. The fourth-order valence-corrected chi connectivity index (χ4v) is 1.09. The molecule has 0 heterocycles. The van der Waals surface area contributed by atoms with Crippen molar-refractivity contribution in [3.8, 4) is 0 Å². The maximum atomic E-state index is 11.0. The molecule has 0 aliphatic heterocycles. The third kappa shape index (κ3) is 7.88. The number of carbonyl (C=O) groups is 1. The molecule has 1 N–H and O–H groups in total. The summed E-state index contributed by atoms with van der Waals surface area (Å²) in [6.07, 6.45) is 0. The first-order valence-corrected chi connectivity index (χ1v) is 5.01. The van der Waals surface area contributed by atoms with E-state index >= 15 is 0 Å². The molecule has 0 atom stereocenters. The Kier molecular flexibility index (Phi) is 5.33. The van der Waals surface area contributed by atoms with Crippen molar-refractivity contribution in [2.45, 2.75) is 26.4 Å². The highest BCUT2D eigenvalue weighted by molar-refractivity contribution is 7.99. The van der Waals surface area contributed by atoms with Gasteiger partial charge in [-0.1, -0.05) is 0 Å². The molecule has 0 radical (unpaired) electrons. The predicted octanol–water partition coefficient (Wildman–Crippen LogP) is 1.05. The van der Waals surface area contributed by atoms with Crippen molar-refractivity contribution >= 4 is 17.7 Å². The standard InChI is InChI=1S/C8H16O3S/c1-8(2,3)11-7(10)6-12-5-4-9/h9H,4-6H2,1-3H3. The fourth-order valence-electron chi connectivity index (χ4n) is 0.591. The molecule has 0 aromatic carbocycles. The zero-order chi connectivity index (χ0) is 9.61. The molecule has 0 amide bonds. The number of rotatable bonds is 4. The van der Waals surface area contributed by atoms with Crippen molar-refractivity contribution < 1.29 is 14.6 Å². The third-order valence-electron chi connectivity index (χ3n) is 0.876. The molecule has 0 bridgehead atoms. The molecule has 0 unspecified atom stereocenters. The van der Waals surface area contributed by atoms with Gasteiger partial charge in [0.25, 0.3) is 0 Å². The first-order valence-electron chi connectivity index (χ1n) is 3.86. The average Bonchev–Trinajstić information content (AvgIpc) is 1.84. The van der Waals surface area contributed by atoms with Crippen molar-refractivity contribution in [2.75, 3.05) is 18.1 Å². The number of thioether (sulfide) groups is 1. The summed E-state index contributed by atoms with van der Waals surface area (Å²) in [6, 6.07) is 0. The minimum Gasteiger partial charge on any atom is -0.459 e. The summed E-state index contributed by atoms with van der Waals surface area (Å²) in [7, 11) is 0. The van der Waals surface area contributed by atoms with Gasteiger partial charge in [-0.25, -0.2) is 0 Å². The van der Waals surface area contributed by atoms with E-state index in [9.17, 15) is 4.79 Å². The molecule has 0 saturated carbocycles. The monoisotopic (exact) mass is 192 g/mol. The van der Waals surface area contributed by atoms with Crippen LogP contribution in [0.15, 0.2) is 0 Å². The highest BCUT2D eigenvalue weighted by Gasteiger charge is 2.15. The van der Waals surface area contributed by atoms with Gasteiger partial charge in [-0.05, 0) is 20.8 Å². The highest BCUT2D eigenvalue weighted by atomic mass is 32.2. The van der Waals surface area contributed by atoms with Crippen LogP contribution in [-0.2, 0) is 9.53 Å². The smallest absolute Gasteiger partial charge is 0.316 e. The molecule has 0 spiro atoms. The molecule has 72 valence electrons. The SMILES string of the molecule is CC(C)(C)OC(=O)CSCCO. The van der Waals surface area contributed by atoms with Crippen molar-refractivity contribution in [1.82, 2.24) is 0 Å². The van der Waals surface area contributed by atoms with Crippen LogP contribution in [0.1, 0.15) is 20.8 Å². The molecule has 0 aliphatic rings. The van der Waals surface area contributed by atoms with Gasteiger partial charge in [-0.2, -0.15) is 0 Å².